The van der Waals surface area contributed by atoms with Crippen molar-refractivity contribution in [1.82, 2.24) is 10.6 Å². The van der Waals surface area contributed by atoms with Crippen molar-refractivity contribution in [3.63, 3.8) is 0 Å². The molecule has 94 valence electrons. The van der Waals surface area contributed by atoms with E-state index in [1.807, 2.05) is 16.8 Å². The van der Waals surface area contributed by atoms with Crippen molar-refractivity contribution < 1.29 is 14.7 Å². The molecule has 1 unspecified atom stereocenters. The Bertz CT molecular complexity index is 387. The van der Waals surface area contributed by atoms with Crippen LogP contribution in [0.1, 0.15) is 19.4 Å². The van der Waals surface area contributed by atoms with Gasteiger partial charge in [-0.25, -0.2) is 0 Å². The molecule has 0 saturated heterocycles. The van der Waals surface area contributed by atoms with Gasteiger partial charge in [-0.1, -0.05) is 0 Å². The standard InChI is InChI=1S/C11H16N2O3S/c1-8(14)12-5-10(15)13-7-11(2,16)9-3-4-17-6-9/h3-4,6,16H,5,7H2,1-2H3,(H,12,14)(H,13,15). The minimum Gasteiger partial charge on any atom is -0.384 e. The summed E-state index contributed by atoms with van der Waals surface area (Å²) < 4.78 is 0. The van der Waals surface area contributed by atoms with Gasteiger partial charge in [-0.15, -0.1) is 0 Å². The highest BCUT2D eigenvalue weighted by atomic mass is 32.1. The lowest BCUT2D eigenvalue weighted by Gasteiger charge is -2.22. The fourth-order valence-electron chi connectivity index (χ4n) is 1.21. The van der Waals surface area contributed by atoms with Crippen molar-refractivity contribution in [1.29, 1.82) is 0 Å². The van der Waals surface area contributed by atoms with Gasteiger partial charge in [-0.2, -0.15) is 11.3 Å². The summed E-state index contributed by atoms with van der Waals surface area (Å²) in [5.74, 6) is -0.583. The van der Waals surface area contributed by atoms with Crippen molar-refractivity contribution in [2.24, 2.45) is 0 Å². The third-order valence-corrected chi connectivity index (χ3v) is 2.95. The van der Waals surface area contributed by atoms with Crippen LogP contribution in [0.5, 0.6) is 0 Å². The zero-order valence-corrected chi connectivity index (χ0v) is 10.6. The Balaban J connectivity index is 2.40. The zero-order valence-electron chi connectivity index (χ0n) is 9.82. The van der Waals surface area contributed by atoms with E-state index in [9.17, 15) is 14.7 Å². The number of aliphatic hydroxyl groups is 1. The van der Waals surface area contributed by atoms with Crippen LogP contribution in [-0.2, 0) is 15.2 Å². The van der Waals surface area contributed by atoms with Gasteiger partial charge in [-0.3, -0.25) is 9.59 Å². The molecule has 0 aliphatic carbocycles. The topological polar surface area (TPSA) is 78.4 Å². The average molecular weight is 256 g/mol. The third kappa shape index (κ3) is 4.54. The Morgan fingerprint density at radius 2 is 2.18 bits per heavy atom. The monoisotopic (exact) mass is 256 g/mol. The molecule has 0 fully saturated rings. The summed E-state index contributed by atoms with van der Waals surface area (Å²) in [7, 11) is 0. The first-order valence-corrected chi connectivity index (χ1v) is 6.12. The fraction of sp³-hybridized carbons (Fsp3) is 0.455. The molecule has 1 atom stereocenters. The summed E-state index contributed by atoms with van der Waals surface area (Å²) in [5, 5.41) is 18.8. The molecule has 0 saturated carbocycles. The van der Waals surface area contributed by atoms with Crippen LogP contribution >= 0.6 is 11.3 Å². The first-order chi connectivity index (χ1) is 7.92. The lowest BCUT2D eigenvalue weighted by Crippen LogP contribution is -2.42. The molecule has 0 aromatic carbocycles. The van der Waals surface area contributed by atoms with Crippen LogP contribution in [0.3, 0.4) is 0 Å². The number of amides is 2. The fourth-order valence-corrected chi connectivity index (χ4v) is 1.99. The second-order valence-electron chi connectivity index (χ2n) is 3.97. The number of nitrogens with one attached hydrogen (secondary N) is 2. The van der Waals surface area contributed by atoms with Gasteiger partial charge >= 0.3 is 0 Å². The highest BCUT2D eigenvalue weighted by molar-refractivity contribution is 7.08. The second kappa shape index (κ2) is 5.79. The Kier molecular flexibility index (Phi) is 4.65. The largest absolute Gasteiger partial charge is 0.384 e. The number of rotatable bonds is 5. The first-order valence-electron chi connectivity index (χ1n) is 5.18. The van der Waals surface area contributed by atoms with Crippen molar-refractivity contribution in [2.75, 3.05) is 13.1 Å². The molecule has 1 aromatic heterocycles. The second-order valence-corrected chi connectivity index (χ2v) is 4.75. The van der Waals surface area contributed by atoms with E-state index in [1.54, 1.807) is 6.92 Å². The first kappa shape index (κ1) is 13.7. The van der Waals surface area contributed by atoms with E-state index in [1.165, 1.54) is 18.3 Å². The van der Waals surface area contributed by atoms with Crippen LogP contribution in [0.4, 0.5) is 0 Å². The van der Waals surface area contributed by atoms with Gasteiger partial charge in [-0.05, 0) is 29.3 Å². The predicted octanol–water partition coefficient (Wildman–Crippen LogP) is 0.208. The number of hydrogen-bond donors (Lipinski definition) is 3. The van der Waals surface area contributed by atoms with E-state index in [4.69, 9.17) is 0 Å². The molecule has 1 rings (SSSR count). The molecule has 0 radical (unpaired) electrons. The molecule has 0 aliphatic heterocycles. The molecule has 0 aliphatic rings. The van der Waals surface area contributed by atoms with Gasteiger partial charge in [0.2, 0.25) is 11.8 Å². The highest BCUT2D eigenvalue weighted by Gasteiger charge is 2.23. The van der Waals surface area contributed by atoms with E-state index >= 15 is 0 Å². The molecule has 3 N–H and O–H groups in total. The molecule has 1 aromatic rings. The van der Waals surface area contributed by atoms with Gasteiger partial charge in [0.05, 0.1) is 13.1 Å². The highest BCUT2D eigenvalue weighted by Crippen LogP contribution is 2.21. The predicted molar refractivity (Wildman–Crippen MR) is 65.6 cm³/mol. The van der Waals surface area contributed by atoms with Gasteiger partial charge in [0, 0.05) is 6.92 Å². The Hall–Kier alpha value is -1.40. The molecule has 6 heteroatoms. The van der Waals surface area contributed by atoms with E-state index < -0.39 is 5.60 Å². The molecule has 1 heterocycles. The smallest absolute Gasteiger partial charge is 0.239 e. The van der Waals surface area contributed by atoms with E-state index in [0.29, 0.717) is 0 Å². The van der Waals surface area contributed by atoms with Crippen molar-refractivity contribution in [2.45, 2.75) is 19.4 Å². The quantitative estimate of drug-likeness (QED) is 0.704. The number of carbonyl (C=O) groups is 2. The summed E-state index contributed by atoms with van der Waals surface area (Å²) >= 11 is 1.49. The Morgan fingerprint density at radius 1 is 1.47 bits per heavy atom. The lowest BCUT2D eigenvalue weighted by molar-refractivity contribution is -0.125. The van der Waals surface area contributed by atoms with E-state index in [2.05, 4.69) is 10.6 Å². The third-order valence-electron chi connectivity index (χ3n) is 2.27. The van der Waals surface area contributed by atoms with Crippen LogP contribution < -0.4 is 10.6 Å². The summed E-state index contributed by atoms with van der Waals surface area (Å²) in [6.07, 6.45) is 0. The SMILES string of the molecule is CC(=O)NCC(=O)NCC(C)(O)c1ccsc1. The minimum atomic E-state index is -1.09. The van der Waals surface area contributed by atoms with Crippen LogP contribution in [0.2, 0.25) is 0 Å². The van der Waals surface area contributed by atoms with Crippen molar-refractivity contribution >= 4 is 23.2 Å². The lowest BCUT2D eigenvalue weighted by atomic mass is 9.99. The number of thiophene rings is 1. The maximum atomic E-state index is 11.3. The molecular formula is C11H16N2O3S. The maximum absolute atomic E-state index is 11.3. The molecule has 0 bridgehead atoms. The van der Waals surface area contributed by atoms with Crippen LogP contribution in [-0.4, -0.2) is 30.0 Å². The molecule has 2 amide bonds. The van der Waals surface area contributed by atoms with Crippen LogP contribution in [0.25, 0.3) is 0 Å². The Morgan fingerprint density at radius 3 is 2.71 bits per heavy atom. The van der Waals surface area contributed by atoms with Gasteiger partial charge < -0.3 is 15.7 Å². The summed E-state index contributed by atoms with van der Waals surface area (Å²) in [6, 6.07) is 1.81. The normalized spacial score (nSPS) is 13.8. The minimum absolute atomic E-state index is 0.0744. The molecule has 17 heavy (non-hydrogen) atoms. The van der Waals surface area contributed by atoms with E-state index in [-0.39, 0.29) is 24.9 Å². The average Bonchev–Trinajstić information content (AvgIpc) is 2.77. The van der Waals surface area contributed by atoms with Gasteiger partial charge in [0.25, 0.3) is 0 Å². The summed E-state index contributed by atoms with van der Waals surface area (Å²) in [6.45, 7) is 3.01. The van der Waals surface area contributed by atoms with Crippen molar-refractivity contribution in [3.8, 4) is 0 Å². The maximum Gasteiger partial charge on any atom is 0.239 e. The van der Waals surface area contributed by atoms with Crippen molar-refractivity contribution in [3.05, 3.63) is 22.4 Å². The molecule has 5 nitrogen and oxygen atoms in total. The number of hydrogen-bond acceptors (Lipinski definition) is 4. The van der Waals surface area contributed by atoms with Crippen LogP contribution in [0.15, 0.2) is 16.8 Å². The van der Waals surface area contributed by atoms with Gasteiger partial charge in [0.1, 0.15) is 5.60 Å². The number of carbonyl (C=O) groups excluding carboxylic acids is 2. The molecule has 0 spiro atoms. The van der Waals surface area contributed by atoms with Crippen LogP contribution in [0, 0.1) is 0 Å². The summed E-state index contributed by atoms with van der Waals surface area (Å²) in [5.41, 5.74) is -0.325. The zero-order chi connectivity index (χ0) is 12.9. The molecular weight excluding hydrogens is 240 g/mol. The Labute approximate surface area is 104 Å². The van der Waals surface area contributed by atoms with Gasteiger partial charge in [0.15, 0.2) is 0 Å². The van der Waals surface area contributed by atoms with E-state index in [0.717, 1.165) is 5.56 Å². The summed E-state index contributed by atoms with van der Waals surface area (Å²) in [4.78, 5) is 21.9.